The number of carbonyl (C=O) groups is 4. The molecule has 8 nitrogen and oxygen atoms in total. The van der Waals surface area contributed by atoms with E-state index in [0.29, 0.717) is 19.3 Å². The third kappa shape index (κ3) is 75.0. The molecule has 0 radical (unpaired) electrons. The fourth-order valence-electron chi connectivity index (χ4n) is 4.76. The number of hydrogen-bond acceptors (Lipinski definition) is 4. The summed E-state index contributed by atoms with van der Waals surface area (Å²) < 4.78 is 0. The molecule has 284 valence electrons. The third-order valence-electron chi connectivity index (χ3n) is 7.66. The van der Waals surface area contributed by atoms with Gasteiger partial charge in [-0.1, -0.05) is 181 Å². The van der Waals surface area contributed by atoms with Gasteiger partial charge in [0, 0.05) is 51.5 Å². The van der Waals surface area contributed by atoms with E-state index in [-0.39, 0.29) is 26.2 Å². The van der Waals surface area contributed by atoms with Gasteiger partial charge in [-0.15, -0.1) is 0 Å². The van der Waals surface area contributed by atoms with Crippen LogP contribution in [-0.2, 0) is 45.4 Å². The van der Waals surface area contributed by atoms with E-state index in [9.17, 15) is 19.2 Å². The van der Waals surface area contributed by atoms with Crippen molar-refractivity contribution in [2.24, 2.45) is 0 Å². The molecule has 0 saturated heterocycles. The number of carboxylic acids is 4. The van der Waals surface area contributed by atoms with Crippen molar-refractivity contribution in [2.45, 2.75) is 213 Å². The zero-order chi connectivity index (χ0) is 36.2. The van der Waals surface area contributed by atoms with Crippen molar-refractivity contribution in [3.8, 4) is 0 Å². The van der Waals surface area contributed by atoms with Crippen LogP contribution < -0.4 is 0 Å². The van der Waals surface area contributed by atoms with Gasteiger partial charge in [-0.3, -0.25) is 14.4 Å². The van der Waals surface area contributed by atoms with E-state index in [4.69, 9.17) is 20.4 Å². The van der Waals surface area contributed by atoms with Gasteiger partial charge < -0.3 is 20.4 Å². The van der Waals surface area contributed by atoms with Crippen molar-refractivity contribution in [1.29, 1.82) is 0 Å². The van der Waals surface area contributed by atoms with Crippen molar-refractivity contribution in [3.63, 3.8) is 0 Å². The molecule has 0 aliphatic rings. The van der Waals surface area contributed by atoms with Crippen LogP contribution in [0.1, 0.15) is 213 Å². The molecule has 0 aliphatic heterocycles. The van der Waals surface area contributed by atoms with Crippen LogP contribution in [0.25, 0.3) is 0 Å². The molecule has 0 atom stereocenters. The van der Waals surface area contributed by atoms with Gasteiger partial charge in [-0.25, -0.2) is 4.79 Å². The van der Waals surface area contributed by atoms with Crippen molar-refractivity contribution >= 4 is 23.9 Å². The molecule has 0 heterocycles. The zero-order valence-electron chi connectivity index (χ0n) is 31.4. The molecular weight excluding hydrogens is 688 g/mol. The Labute approximate surface area is 314 Å². The van der Waals surface area contributed by atoms with Crippen LogP contribution in [0.4, 0.5) is 0 Å². The molecular formula is C39H76O8Zr. The molecule has 0 saturated carbocycles. The number of rotatable bonds is 31. The van der Waals surface area contributed by atoms with Crippen molar-refractivity contribution in [2.75, 3.05) is 0 Å². The maximum atomic E-state index is 10.2. The SMILES string of the molecule is C=CC(=O)O.CCCCCCCCCCCC(=O)O.CCCCCCCCCCCC(=O)O.CCCCCCCCCCCC(=O)O.[Zr]. The minimum atomic E-state index is -0.981. The molecule has 0 spiro atoms. The minimum Gasteiger partial charge on any atom is -0.481 e. The molecule has 0 aromatic carbocycles. The predicted octanol–water partition coefficient (Wildman–Crippen LogP) is 12.2. The topological polar surface area (TPSA) is 149 Å². The normalized spacial score (nSPS) is 9.73. The number of hydrogen-bond donors (Lipinski definition) is 4. The molecule has 0 amide bonds. The van der Waals surface area contributed by atoms with Crippen LogP contribution in [0.3, 0.4) is 0 Å². The molecule has 0 bridgehead atoms. The Morgan fingerprint density at radius 3 is 0.646 bits per heavy atom. The molecule has 0 rings (SSSR count). The first-order chi connectivity index (χ1) is 22.6. The first kappa shape index (κ1) is 55.9. The van der Waals surface area contributed by atoms with Gasteiger partial charge in [0.15, 0.2) is 0 Å². The van der Waals surface area contributed by atoms with E-state index in [1.165, 1.54) is 135 Å². The summed E-state index contributed by atoms with van der Waals surface area (Å²) in [6.07, 6.45) is 35.3. The average Bonchev–Trinajstić information content (AvgIpc) is 3.03. The molecule has 4 N–H and O–H groups in total. The smallest absolute Gasteiger partial charge is 0.327 e. The molecule has 0 unspecified atom stereocenters. The second kappa shape index (κ2) is 52.3. The van der Waals surface area contributed by atoms with Crippen molar-refractivity contribution < 1.29 is 65.8 Å². The largest absolute Gasteiger partial charge is 0.481 e. The average molecular weight is 764 g/mol. The summed E-state index contributed by atoms with van der Waals surface area (Å²) in [5.74, 6) is -2.96. The van der Waals surface area contributed by atoms with Gasteiger partial charge in [0.2, 0.25) is 0 Å². The zero-order valence-corrected chi connectivity index (χ0v) is 33.9. The first-order valence-corrected chi connectivity index (χ1v) is 19.1. The van der Waals surface area contributed by atoms with Crippen LogP contribution in [0, 0.1) is 0 Å². The van der Waals surface area contributed by atoms with Crippen LogP contribution in [0.2, 0.25) is 0 Å². The first-order valence-electron chi connectivity index (χ1n) is 19.1. The summed E-state index contributed by atoms with van der Waals surface area (Å²) >= 11 is 0. The predicted molar refractivity (Wildman–Crippen MR) is 196 cm³/mol. The summed E-state index contributed by atoms with van der Waals surface area (Å²) in [5.41, 5.74) is 0. The molecule has 0 fully saturated rings. The number of carboxylic acid groups (broad SMARTS) is 4. The molecule has 0 aromatic heterocycles. The quantitative estimate of drug-likeness (QED) is 0.0403. The summed E-state index contributed by atoms with van der Waals surface area (Å²) in [6.45, 7) is 9.64. The van der Waals surface area contributed by atoms with Crippen molar-refractivity contribution in [3.05, 3.63) is 12.7 Å². The van der Waals surface area contributed by atoms with Gasteiger partial charge in [-0.05, 0) is 19.3 Å². The Balaban J connectivity index is -0.000000178. The third-order valence-corrected chi connectivity index (χ3v) is 7.66. The van der Waals surface area contributed by atoms with Gasteiger partial charge in [-0.2, -0.15) is 0 Å². The van der Waals surface area contributed by atoms with Crippen LogP contribution >= 0.6 is 0 Å². The van der Waals surface area contributed by atoms with E-state index in [1.54, 1.807) is 0 Å². The number of aliphatic carboxylic acids is 4. The van der Waals surface area contributed by atoms with E-state index >= 15 is 0 Å². The number of unbranched alkanes of at least 4 members (excludes halogenated alkanes) is 24. The molecule has 9 heteroatoms. The van der Waals surface area contributed by atoms with Gasteiger partial charge in [0.1, 0.15) is 0 Å². The van der Waals surface area contributed by atoms with E-state index < -0.39 is 23.9 Å². The summed E-state index contributed by atoms with van der Waals surface area (Å²) in [4.78, 5) is 39.9. The van der Waals surface area contributed by atoms with Gasteiger partial charge >= 0.3 is 23.9 Å². The Bertz CT molecular complexity index is 609. The minimum absolute atomic E-state index is 0. The molecule has 48 heavy (non-hydrogen) atoms. The van der Waals surface area contributed by atoms with E-state index in [1.807, 2.05) is 0 Å². The maximum absolute atomic E-state index is 10.2. The van der Waals surface area contributed by atoms with Crippen LogP contribution in [0.5, 0.6) is 0 Å². The van der Waals surface area contributed by atoms with Crippen LogP contribution in [-0.4, -0.2) is 44.3 Å². The second-order valence-corrected chi connectivity index (χ2v) is 12.5. The Kier molecular flexibility index (Phi) is 60.9. The second-order valence-electron chi connectivity index (χ2n) is 12.5. The fourth-order valence-corrected chi connectivity index (χ4v) is 4.76. The monoisotopic (exact) mass is 762 g/mol. The summed E-state index contributed by atoms with van der Waals surface area (Å²) in [7, 11) is 0. The Morgan fingerprint density at radius 2 is 0.521 bits per heavy atom. The molecule has 0 aliphatic carbocycles. The summed E-state index contributed by atoms with van der Waals surface area (Å²) in [6, 6.07) is 0. The summed E-state index contributed by atoms with van der Waals surface area (Å²) in [5, 5.41) is 32.8. The Morgan fingerprint density at radius 1 is 0.375 bits per heavy atom. The maximum Gasteiger partial charge on any atom is 0.327 e. The Hall–Kier alpha value is -1.50. The molecule has 0 aromatic rings. The van der Waals surface area contributed by atoms with Gasteiger partial charge in [0.05, 0.1) is 0 Å². The van der Waals surface area contributed by atoms with E-state index in [2.05, 4.69) is 27.4 Å². The van der Waals surface area contributed by atoms with Gasteiger partial charge in [0.25, 0.3) is 0 Å². The van der Waals surface area contributed by atoms with Crippen molar-refractivity contribution in [1.82, 2.24) is 0 Å². The standard InChI is InChI=1S/3C12H24O2.C3H4O2.Zr/c3*1-2-3-4-5-6-7-8-9-10-11-12(13)14;1-2-3(4)5;/h3*2-11H2,1H3,(H,13,14);2H,1H2,(H,4,5);. The van der Waals surface area contributed by atoms with E-state index in [0.717, 1.165) is 44.6 Å². The van der Waals surface area contributed by atoms with Crippen LogP contribution in [0.15, 0.2) is 12.7 Å². The fraction of sp³-hybridized carbons (Fsp3) is 0.846.